The van der Waals surface area contributed by atoms with Crippen molar-refractivity contribution in [2.75, 3.05) is 59.5 Å². The molecule has 0 aliphatic carbocycles. The minimum Gasteiger partial charge on any atom is -0.394 e. The first-order valence-electron chi connectivity index (χ1n) is 33.7. The lowest BCUT2D eigenvalue weighted by Gasteiger charge is -2.51. The van der Waals surface area contributed by atoms with Gasteiger partial charge in [-0.25, -0.2) is 0 Å². The van der Waals surface area contributed by atoms with Crippen LogP contribution in [0.15, 0.2) is 0 Å². The van der Waals surface area contributed by atoms with E-state index in [9.17, 15) is 147 Å². The summed E-state index contributed by atoms with van der Waals surface area (Å²) in [7, 11) is 0. The third-order valence-electron chi connectivity index (χ3n) is 19.5. The Hall–Kier alpha value is -2.82. The second-order valence-electron chi connectivity index (χ2n) is 26.7. The maximum absolute atomic E-state index is 12.9. The fourth-order valence-corrected chi connectivity index (χ4v) is 13.5. The number of nitrogens with one attached hydrogen (secondary N) is 2. The van der Waals surface area contributed by atoms with Gasteiger partial charge in [0.25, 0.3) is 0 Å². The number of amides is 2. The van der Waals surface area contributed by atoms with Crippen molar-refractivity contribution in [2.45, 2.75) is 290 Å². The second kappa shape index (κ2) is 37.9. The molecule has 9 fully saturated rings. The summed E-state index contributed by atoms with van der Waals surface area (Å²) in [4.78, 5) is 25.0. The first kappa shape index (κ1) is 87.2. The van der Waals surface area contributed by atoms with Crippen LogP contribution in [0, 0.1) is 0 Å². The van der Waals surface area contributed by atoms with Crippen molar-refractivity contribution in [3.05, 3.63) is 0 Å². The van der Waals surface area contributed by atoms with E-state index in [0.29, 0.717) is 0 Å². The Morgan fingerprint density at radius 3 is 0.953 bits per heavy atom. The monoisotopic (exact) mass is 1560 g/mol. The molecule has 9 heterocycles. The zero-order valence-electron chi connectivity index (χ0n) is 56.2. The summed E-state index contributed by atoms with van der Waals surface area (Å²) in [6, 6.07) is -3.54. The molecular formula is C58H98N2O46. The number of aliphatic hydroxyl groups excluding tert-OH is 27. The molecule has 106 heavy (non-hydrogen) atoms. The zero-order valence-corrected chi connectivity index (χ0v) is 56.2. The fourth-order valence-electron chi connectivity index (χ4n) is 13.5. The maximum Gasteiger partial charge on any atom is 0.217 e. The van der Waals surface area contributed by atoms with Crippen LogP contribution in [0.4, 0.5) is 0 Å². The van der Waals surface area contributed by atoms with E-state index in [1.807, 2.05) is 0 Å². The van der Waals surface area contributed by atoms with E-state index in [1.165, 1.54) is 0 Å². The summed E-state index contributed by atoms with van der Waals surface area (Å²) in [5.41, 5.74) is 0. The molecule has 0 radical (unpaired) electrons. The number of rotatable bonds is 27. The summed E-state index contributed by atoms with van der Waals surface area (Å²) < 4.78 is 98.7. The van der Waals surface area contributed by atoms with Gasteiger partial charge in [-0.1, -0.05) is 0 Å². The standard InChI is InChI=1S/C58H98N2O46/c1-12(68)59-23-32(77)44(19(8-66)92-50(23)89)101-51-24(60-13(2)69)33(78)45(20(9-67)98-51)102-55-43(88)46(103-57-49(39(84)29(74)17(6-64)96-57)106-58-48(38(83)28(73)18(7-65)97-58)105-54-42(87)35(80)26(71)15(4-62)94-54)31(76)22(100-55)11-90-52-40(85)36(81)30(75)21(99-52)10-91-56-47(37(82)27(72)16(5-63)95-56)104-53-41(86)34(79)25(70)14(3-61)93-53/h14-58,61-67,70-89H,3-11H2,1-2H3,(H,59,68)(H,60,69)/t14-,15-,16-,17-,18-,19-,20-,21-,22-,23-,24-,25-,26-,27-,28-,29-,30-,31-,32-,33-,34+,35+,36+,37+,38+,39+,40+,41+,42+,43+,44-,45-,46+,47+,48+,49+,50?,51+,52+,53-,54-,55+,56+,57-,58-/m1/s1. The van der Waals surface area contributed by atoms with E-state index < -0.39 is 348 Å². The van der Waals surface area contributed by atoms with Crippen molar-refractivity contribution in [3.63, 3.8) is 0 Å². The predicted octanol–water partition coefficient (Wildman–Crippen LogP) is -20.3. The molecule has 0 aromatic carbocycles. The number of carbonyl (C=O) groups is 2. The summed E-state index contributed by atoms with van der Waals surface area (Å²) in [6.45, 7) is -7.60. The summed E-state index contributed by atoms with van der Waals surface area (Å²) in [5.74, 6) is -1.72. The van der Waals surface area contributed by atoms with E-state index in [0.717, 1.165) is 13.8 Å². The van der Waals surface area contributed by atoms with Gasteiger partial charge in [-0.15, -0.1) is 0 Å². The quantitative estimate of drug-likeness (QED) is 0.0363. The van der Waals surface area contributed by atoms with E-state index in [2.05, 4.69) is 10.6 Å². The molecule has 0 aromatic rings. The van der Waals surface area contributed by atoms with Crippen LogP contribution in [0.5, 0.6) is 0 Å². The van der Waals surface area contributed by atoms with Gasteiger partial charge >= 0.3 is 0 Å². The van der Waals surface area contributed by atoms with Gasteiger partial charge in [-0.05, 0) is 0 Å². The van der Waals surface area contributed by atoms with Crippen molar-refractivity contribution >= 4 is 11.8 Å². The van der Waals surface area contributed by atoms with Gasteiger partial charge in [-0.2, -0.15) is 0 Å². The zero-order chi connectivity index (χ0) is 77.9. The number of hydrogen-bond acceptors (Lipinski definition) is 46. The fraction of sp³-hybridized carbons (Fsp3) is 0.966. The highest BCUT2D eigenvalue weighted by atomic mass is 16.8. The first-order valence-corrected chi connectivity index (χ1v) is 33.7. The van der Waals surface area contributed by atoms with Crippen LogP contribution in [0.2, 0.25) is 0 Å². The van der Waals surface area contributed by atoms with Crippen LogP contribution < -0.4 is 10.6 Å². The lowest BCUT2D eigenvalue weighted by Crippen LogP contribution is -2.70. The van der Waals surface area contributed by atoms with E-state index in [1.54, 1.807) is 0 Å². The lowest BCUT2D eigenvalue weighted by molar-refractivity contribution is -0.407. The van der Waals surface area contributed by atoms with Gasteiger partial charge in [0.05, 0.1) is 59.5 Å². The summed E-state index contributed by atoms with van der Waals surface area (Å²) >= 11 is 0. The van der Waals surface area contributed by atoms with Crippen LogP contribution in [-0.4, -0.2) is 485 Å². The molecule has 616 valence electrons. The van der Waals surface area contributed by atoms with Crippen molar-refractivity contribution in [2.24, 2.45) is 0 Å². The second-order valence-corrected chi connectivity index (χ2v) is 26.7. The highest BCUT2D eigenvalue weighted by Crippen LogP contribution is 2.39. The number of carbonyl (C=O) groups excluding carboxylic acids is 2. The van der Waals surface area contributed by atoms with E-state index in [4.69, 9.17) is 80.5 Å². The highest BCUT2D eigenvalue weighted by Gasteiger charge is 2.60. The van der Waals surface area contributed by atoms with Crippen molar-refractivity contribution in [3.8, 4) is 0 Å². The molecule has 0 spiro atoms. The third-order valence-corrected chi connectivity index (χ3v) is 19.5. The number of hydrogen-bond donors (Lipinski definition) is 29. The first-order chi connectivity index (χ1) is 50.2. The minimum absolute atomic E-state index is 0.782. The SMILES string of the molecule is CC(=O)N[C@H]1[C@H](O[C@H]2[C@H](O)[C@@H](NC(C)=O)C(O)O[C@@H]2CO)O[C@H](CO)[C@@H](O[C@@H]2O[C@H](CO[C@H]3O[C@H](CO[C@H]4O[C@H](CO)[C@@H](O)[C@H](O)[C@@H]4O[C@H]4O[C@H](CO)[C@@H](O)[C@H](O)[C@@H]4O)[C@@H](O)[C@H](O)[C@@H]3O)[C@@H](O)[C@H](O[C@H]3O[C@H](CO)[C@@H](O)[C@H](O)[C@@H]3O[C@H]3O[C@H](CO)[C@@H](O)[C@H](O)[C@@H]3O[C@H]3O[C@H](CO)[C@@H](O)[C@H](O)[C@@H]3O)[C@@H]2O)[C@@H]1O. The lowest BCUT2D eigenvalue weighted by atomic mass is 9.94. The Kier molecular flexibility index (Phi) is 31.1. The normalized spacial score (nSPS) is 51.2. The van der Waals surface area contributed by atoms with Gasteiger partial charge in [0.1, 0.15) is 220 Å². The Bertz CT molecular complexity index is 2710. The molecular weight excluding hydrogens is 1460 g/mol. The molecule has 9 aliphatic rings. The molecule has 9 saturated heterocycles. The third kappa shape index (κ3) is 18.7. The van der Waals surface area contributed by atoms with Crippen LogP contribution in [0.1, 0.15) is 13.8 Å². The van der Waals surface area contributed by atoms with Gasteiger partial charge in [-0.3, -0.25) is 9.59 Å². The molecule has 45 atom stereocenters. The molecule has 0 saturated carbocycles. The molecule has 0 bridgehead atoms. The number of aliphatic hydroxyl groups is 27. The van der Waals surface area contributed by atoms with Gasteiger partial charge in [0.2, 0.25) is 11.8 Å². The number of ether oxygens (including phenoxy) is 17. The Labute approximate surface area is 598 Å². The van der Waals surface area contributed by atoms with E-state index in [-0.39, 0.29) is 0 Å². The largest absolute Gasteiger partial charge is 0.394 e. The van der Waals surface area contributed by atoms with Gasteiger partial charge in [0.15, 0.2) is 56.6 Å². The Balaban J connectivity index is 1.01. The molecule has 1 unspecified atom stereocenters. The van der Waals surface area contributed by atoms with Crippen LogP contribution >= 0.6 is 0 Å². The molecule has 48 nitrogen and oxygen atoms in total. The summed E-state index contributed by atoms with van der Waals surface area (Å²) in [5, 5.41) is 300. The van der Waals surface area contributed by atoms with Crippen molar-refractivity contribution < 1.29 is 228 Å². The van der Waals surface area contributed by atoms with Gasteiger partial charge in [0, 0.05) is 13.8 Å². The smallest absolute Gasteiger partial charge is 0.217 e. The minimum atomic E-state index is -2.55. The van der Waals surface area contributed by atoms with Crippen LogP contribution in [0.3, 0.4) is 0 Å². The molecule has 2 amide bonds. The predicted molar refractivity (Wildman–Crippen MR) is 320 cm³/mol. The average Bonchev–Trinajstić information content (AvgIpc) is 0.774. The Morgan fingerprint density at radius 1 is 0.245 bits per heavy atom. The highest BCUT2D eigenvalue weighted by molar-refractivity contribution is 5.73. The molecule has 9 aliphatic heterocycles. The molecule has 0 aromatic heterocycles. The molecule has 9 rings (SSSR count). The topological polar surface area (TPSA) is 761 Å². The van der Waals surface area contributed by atoms with Crippen LogP contribution in [-0.2, 0) is 90.1 Å². The summed E-state index contributed by atoms with van der Waals surface area (Å²) in [6.07, 6.45) is -89.8. The Morgan fingerprint density at radius 2 is 0.519 bits per heavy atom. The van der Waals surface area contributed by atoms with Crippen LogP contribution in [0.25, 0.3) is 0 Å². The van der Waals surface area contributed by atoms with Gasteiger partial charge < -0.3 is 229 Å². The van der Waals surface area contributed by atoms with E-state index >= 15 is 0 Å². The van der Waals surface area contributed by atoms with Crippen molar-refractivity contribution in [1.82, 2.24) is 10.6 Å². The van der Waals surface area contributed by atoms with Crippen molar-refractivity contribution in [1.29, 1.82) is 0 Å². The molecule has 29 N–H and O–H groups in total. The average molecular weight is 1560 g/mol. The molecule has 48 heteroatoms. The maximum atomic E-state index is 12.9.